The molecule has 0 saturated heterocycles. The second kappa shape index (κ2) is 10.4. The Morgan fingerprint density at radius 1 is 0.958 bits per heavy atom. The highest BCUT2D eigenvalue weighted by Gasteiger charge is 2.09. The number of benzene rings is 2. The van der Waals surface area contributed by atoms with Gasteiger partial charge in [0.25, 0.3) is 0 Å². The molecule has 0 aliphatic rings. The molecule has 0 aliphatic heterocycles. The van der Waals surface area contributed by atoms with Gasteiger partial charge in [-0.05, 0) is 30.0 Å². The largest absolute Gasteiger partial charge is 0.349 e. The van der Waals surface area contributed by atoms with E-state index in [0.717, 1.165) is 35.7 Å². The number of nitrogens with two attached hydrogens (primary N) is 1. The van der Waals surface area contributed by atoms with Crippen molar-refractivity contribution in [1.29, 1.82) is 0 Å². The van der Waals surface area contributed by atoms with E-state index in [1.165, 1.54) is 6.42 Å². The molecule has 0 heterocycles. The minimum absolute atomic E-state index is 0.275. The van der Waals surface area contributed by atoms with Gasteiger partial charge in [0, 0.05) is 12.0 Å². The fraction of sp³-hybridized carbons (Fsp3) is 0.353. The summed E-state index contributed by atoms with van der Waals surface area (Å²) in [6.07, 6.45) is 3.99. The van der Waals surface area contributed by atoms with Crippen LogP contribution in [0, 0.1) is 10.2 Å². The Morgan fingerprint density at radius 3 is 2.25 bits per heavy atom. The van der Waals surface area contributed by atoms with Gasteiger partial charge in [-0.15, -0.1) is 10.2 Å². The molecule has 0 bridgehead atoms. The summed E-state index contributed by atoms with van der Waals surface area (Å²) < 4.78 is 34.0. The van der Waals surface area contributed by atoms with Gasteiger partial charge in [-0.1, -0.05) is 42.5 Å². The maximum atomic E-state index is 12.3. The van der Waals surface area contributed by atoms with Crippen LogP contribution in [-0.4, -0.2) is 19.4 Å². The zero-order chi connectivity index (χ0) is 18.0. The summed E-state index contributed by atoms with van der Waals surface area (Å²) >= 11 is 0. The number of halogens is 1. The SMILES string of the molecule is C[NH2+]CCCCCC(=O)c1cccc2ccccc12.[O-][Cl+3]([O-])([O-])[O-]. The van der Waals surface area contributed by atoms with Gasteiger partial charge >= 0.3 is 0 Å². The molecule has 2 aromatic carbocycles. The summed E-state index contributed by atoms with van der Waals surface area (Å²) in [6, 6.07) is 14.1. The molecular formula is C17H22ClNO5. The van der Waals surface area contributed by atoms with Crippen LogP contribution in [-0.2, 0) is 0 Å². The number of unbranched alkanes of at least 4 members (excludes halogenated alkanes) is 2. The molecule has 2 aromatic rings. The highest BCUT2D eigenvalue weighted by Crippen LogP contribution is 2.20. The molecule has 0 amide bonds. The minimum Gasteiger partial charge on any atom is -0.349 e. The van der Waals surface area contributed by atoms with Crippen molar-refractivity contribution in [3.8, 4) is 0 Å². The van der Waals surface area contributed by atoms with Crippen molar-refractivity contribution in [2.45, 2.75) is 25.7 Å². The Balaban J connectivity index is 0.000000505. The first kappa shape index (κ1) is 20.5. The molecule has 2 N–H and O–H groups in total. The molecule has 7 heteroatoms. The Bertz CT molecular complexity index is 631. The Labute approximate surface area is 143 Å². The number of carbonyl (C=O) groups excluding carboxylic acids is 1. The minimum atomic E-state index is -4.94. The first-order valence-electron chi connectivity index (χ1n) is 7.73. The van der Waals surface area contributed by atoms with E-state index in [1.807, 2.05) is 30.3 Å². The number of fused-ring (bicyclic) bond motifs is 1. The third-order valence-corrected chi connectivity index (χ3v) is 3.49. The van der Waals surface area contributed by atoms with Crippen LogP contribution in [0.2, 0.25) is 0 Å². The average Bonchev–Trinajstić information content (AvgIpc) is 2.52. The lowest BCUT2D eigenvalue weighted by Gasteiger charge is -2.17. The number of rotatable bonds is 7. The highest BCUT2D eigenvalue weighted by atomic mass is 35.7. The van der Waals surface area contributed by atoms with E-state index in [9.17, 15) is 4.79 Å². The molecule has 0 aromatic heterocycles. The molecule has 2 rings (SSSR count). The molecule has 0 aliphatic carbocycles. The first-order chi connectivity index (χ1) is 11.3. The topological polar surface area (TPSA) is 126 Å². The van der Waals surface area contributed by atoms with Crippen LogP contribution in [0.3, 0.4) is 0 Å². The van der Waals surface area contributed by atoms with Gasteiger partial charge in [0.15, 0.2) is 5.78 Å². The molecule has 0 fully saturated rings. The van der Waals surface area contributed by atoms with Crippen LogP contribution in [0.4, 0.5) is 0 Å². The zero-order valence-electron chi connectivity index (χ0n) is 13.6. The molecule has 132 valence electrons. The predicted octanol–water partition coefficient (Wildman–Crippen LogP) is -1.98. The normalized spacial score (nSPS) is 11.0. The highest BCUT2D eigenvalue weighted by molar-refractivity contribution is 6.08. The molecule has 6 nitrogen and oxygen atoms in total. The second-order valence-corrected chi connectivity index (χ2v) is 6.09. The Hall–Kier alpha value is -1.54. The van der Waals surface area contributed by atoms with Crippen molar-refractivity contribution in [1.82, 2.24) is 0 Å². The molecule has 0 spiro atoms. The number of Topliss-reactive ketones (excluding diaryl/α,β-unsaturated/α-hetero) is 1. The van der Waals surface area contributed by atoms with Crippen LogP contribution >= 0.6 is 0 Å². The van der Waals surface area contributed by atoms with Crippen molar-refractivity contribution in [3.63, 3.8) is 0 Å². The van der Waals surface area contributed by atoms with Gasteiger partial charge in [-0.3, -0.25) is 4.79 Å². The quantitative estimate of drug-likeness (QED) is 0.455. The van der Waals surface area contributed by atoms with Crippen LogP contribution in [0.1, 0.15) is 36.0 Å². The van der Waals surface area contributed by atoms with E-state index < -0.39 is 10.2 Å². The van der Waals surface area contributed by atoms with E-state index in [1.54, 1.807) is 0 Å². The van der Waals surface area contributed by atoms with Crippen molar-refractivity contribution in [3.05, 3.63) is 48.0 Å². The maximum absolute atomic E-state index is 12.3. The van der Waals surface area contributed by atoms with Crippen LogP contribution in [0.5, 0.6) is 0 Å². The summed E-state index contributed by atoms with van der Waals surface area (Å²) in [5.41, 5.74) is 0.875. The molecule has 24 heavy (non-hydrogen) atoms. The fourth-order valence-corrected chi connectivity index (χ4v) is 2.41. The lowest BCUT2D eigenvalue weighted by molar-refractivity contribution is -2.00. The lowest BCUT2D eigenvalue weighted by Crippen LogP contribution is -2.79. The van der Waals surface area contributed by atoms with Crippen molar-refractivity contribution >= 4 is 16.6 Å². The van der Waals surface area contributed by atoms with E-state index in [4.69, 9.17) is 18.6 Å². The predicted molar refractivity (Wildman–Crippen MR) is 79.5 cm³/mol. The molecule has 0 atom stereocenters. The van der Waals surface area contributed by atoms with Gasteiger partial charge in [0.1, 0.15) is 0 Å². The standard InChI is InChI=1S/C17H21NO.ClHO4/c1-18-13-6-2-3-12-17(19)16-11-7-9-14-8-4-5-10-15(14)16;2-1(3,4)5/h4-5,7-11,18H,2-3,6,12-13H2,1H3;(H,2,3,4,5). The van der Waals surface area contributed by atoms with Gasteiger partial charge in [0.05, 0.1) is 13.6 Å². The lowest BCUT2D eigenvalue weighted by atomic mass is 9.98. The number of ketones is 1. The molecular weight excluding hydrogens is 334 g/mol. The number of quaternary nitrogens is 1. The van der Waals surface area contributed by atoms with Crippen molar-refractivity contribution in [2.75, 3.05) is 13.6 Å². The van der Waals surface area contributed by atoms with Gasteiger partial charge < -0.3 is 5.32 Å². The Kier molecular flexibility index (Phi) is 8.84. The summed E-state index contributed by atoms with van der Waals surface area (Å²) in [7, 11) is -2.86. The Morgan fingerprint density at radius 2 is 1.58 bits per heavy atom. The van der Waals surface area contributed by atoms with Crippen molar-refractivity contribution in [2.24, 2.45) is 0 Å². The summed E-state index contributed by atoms with van der Waals surface area (Å²) in [5, 5.41) is 4.41. The molecule has 0 saturated carbocycles. The van der Waals surface area contributed by atoms with Crippen LogP contribution in [0.15, 0.2) is 42.5 Å². The van der Waals surface area contributed by atoms with Gasteiger partial charge in [0.2, 0.25) is 0 Å². The van der Waals surface area contributed by atoms with Gasteiger partial charge in [-0.2, -0.15) is 0 Å². The third-order valence-electron chi connectivity index (χ3n) is 3.49. The maximum Gasteiger partial charge on any atom is 0.163 e. The number of hydrogen-bond acceptors (Lipinski definition) is 5. The fourth-order valence-electron chi connectivity index (χ4n) is 2.41. The second-order valence-electron chi connectivity index (χ2n) is 5.34. The monoisotopic (exact) mass is 355 g/mol. The summed E-state index contributed by atoms with van der Waals surface area (Å²) in [6.45, 7) is 1.16. The molecule has 0 unspecified atom stereocenters. The number of carbonyl (C=O) groups is 1. The van der Waals surface area contributed by atoms with Crippen LogP contribution < -0.4 is 24.0 Å². The van der Waals surface area contributed by atoms with E-state index in [0.29, 0.717) is 6.42 Å². The van der Waals surface area contributed by atoms with E-state index in [-0.39, 0.29) is 5.78 Å². The van der Waals surface area contributed by atoms with E-state index in [2.05, 4.69) is 24.5 Å². The van der Waals surface area contributed by atoms with Gasteiger partial charge in [-0.25, -0.2) is 18.6 Å². The first-order valence-corrected chi connectivity index (χ1v) is 8.97. The average molecular weight is 356 g/mol. The number of hydrogen-bond donors (Lipinski definition) is 1. The summed E-state index contributed by atoms with van der Waals surface area (Å²) in [5.74, 6) is 0.275. The summed E-state index contributed by atoms with van der Waals surface area (Å²) in [4.78, 5) is 12.3. The third kappa shape index (κ3) is 8.35. The zero-order valence-corrected chi connectivity index (χ0v) is 14.3. The van der Waals surface area contributed by atoms with Crippen molar-refractivity contribution < 1.29 is 39.0 Å². The van der Waals surface area contributed by atoms with E-state index >= 15 is 0 Å². The smallest absolute Gasteiger partial charge is 0.163 e. The molecule has 0 radical (unpaired) electrons. The van der Waals surface area contributed by atoms with Crippen LogP contribution in [0.25, 0.3) is 10.8 Å².